The number of carbonyl (C=O) groups excluding carboxylic acids is 2. The van der Waals surface area contributed by atoms with Crippen LogP contribution in [0.15, 0.2) is 77.7 Å². The van der Waals surface area contributed by atoms with Crippen LogP contribution in [0.4, 0.5) is 5.69 Å². The molecule has 0 aromatic heterocycles. The standard InChI is InChI=1S/C29H33Cl2N3O4S/c1-4-21-12-10-11-15-27(21)34(39(37,38)24-13-8-7-9-14-24)20-28(35)33(26(5-2)29(36)32-6-3)19-22-16-17-23(30)18-25(22)31/h7-18,26H,4-6,19-20H2,1-3H3,(H,32,36)/t26-/m0/s1. The molecule has 3 aromatic carbocycles. The lowest BCUT2D eigenvalue weighted by Gasteiger charge is -2.33. The van der Waals surface area contributed by atoms with Crippen LogP contribution >= 0.6 is 23.2 Å². The van der Waals surface area contributed by atoms with Crippen LogP contribution in [0.2, 0.25) is 10.0 Å². The predicted molar refractivity (Wildman–Crippen MR) is 157 cm³/mol. The second kappa shape index (κ2) is 13.8. The minimum Gasteiger partial charge on any atom is -0.355 e. The van der Waals surface area contributed by atoms with Crippen molar-refractivity contribution in [3.8, 4) is 0 Å². The lowest BCUT2D eigenvalue weighted by molar-refractivity contribution is -0.140. The molecule has 0 aliphatic heterocycles. The highest BCUT2D eigenvalue weighted by atomic mass is 35.5. The smallest absolute Gasteiger partial charge is 0.264 e. The van der Waals surface area contributed by atoms with E-state index < -0.39 is 28.5 Å². The highest BCUT2D eigenvalue weighted by Crippen LogP contribution is 2.29. The number of hydrogen-bond donors (Lipinski definition) is 1. The molecule has 10 heteroatoms. The number of amides is 2. The fourth-order valence-electron chi connectivity index (χ4n) is 4.33. The van der Waals surface area contributed by atoms with Crippen molar-refractivity contribution in [2.24, 2.45) is 0 Å². The normalized spacial score (nSPS) is 12.0. The molecule has 3 aromatic rings. The van der Waals surface area contributed by atoms with Gasteiger partial charge in [-0.2, -0.15) is 0 Å². The van der Waals surface area contributed by atoms with Crippen molar-refractivity contribution in [3.63, 3.8) is 0 Å². The zero-order valence-electron chi connectivity index (χ0n) is 22.2. The molecule has 0 saturated heterocycles. The topological polar surface area (TPSA) is 86.8 Å². The molecular weight excluding hydrogens is 557 g/mol. The number of rotatable bonds is 12. The van der Waals surface area contributed by atoms with E-state index in [1.165, 1.54) is 17.0 Å². The molecule has 0 spiro atoms. The van der Waals surface area contributed by atoms with E-state index in [1.54, 1.807) is 62.4 Å². The molecule has 39 heavy (non-hydrogen) atoms. The predicted octanol–water partition coefficient (Wildman–Crippen LogP) is 5.69. The molecule has 0 aliphatic rings. The van der Waals surface area contributed by atoms with Gasteiger partial charge in [0.05, 0.1) is 10.6 Å². The van der Waals surface area contributed by atoms with Gasteiger partial charge in [-0.25, -0.2) is 8.42 Å². The van der Waals surface area contributed by atoms with Gasteiger partial charge in [0.15, 0.2) is 0 Å². The summed E-state index contributed by atoms with van der Waals surface area (Å²) in [7, 11) is -4.12. The fraction of sp³-hybridized carbons (Fsp3) is 0.310. The van der Waals surface area contributed by atoms with Crippen LogP contribution < -0.4 is 9.62 Å². The lowest BCUT2D eigenvalue weighted by Crippen LogP contribution is -2.52. The van der Waals surface area contributed by atoms with Crippen molar-refractivity contribution in [1.82, 2.24) is 10.2 Å². The Kier molecular flexibility index (Phi) is 10.8. The number of halogens is 2. The summed E-state index contributed by atoms with van der Waals surface area (Å²) in [5.41, 5.74) is 1.77. The number of carbonyl (C=O) groups is 2. The van der Waals surface area contributed by atoms with Crippen LogP contribution in [0.3, 0.4) is 0 Å². The SMILES string of the molecule is CCNC(=O)[C@H](CC)N(Cc1ccc(Cl)cc1Cl)C(=O)CN(c1ccccc1CC)S(=O)(=O)c1ccccc1. The van der Waals surface area contributed by atoms with Crippen molar-refractivity contribution >= 4 is 50.7 Å². The molecular formula is C29H33Cl2N3O4S. The average Bonchev–Trinajstić information content (AvgIpc) is 2.93. The van der Waals surface area contributed by atoms with Gasteiger partial charge >= 0.3 is 0 Å². The van der Waals surface area contributed by atoms with Crippen molar-refractivity contribution < 1.29 is 18.0 Å². The summed E-state index contributed by atoms with van der Waals surface area (Å²) in [4.78, 5) is 28.6. The summed E-state index contributed by atoms with van der Waals surface area (Å²) in [6.07, 6.45) is 0.880. The molecule has 0 saturated carbocycles. The monoisotopic (exact) mass is 589 g/mol. The van der Waals surface area contributed by atoms with E-state index in [9.17, 15) is 18.0 Å². The highest BCUT2D eigenvalue weighted by molar-refractivity contribution is 7.92. The second-order valence-corrected chi connectivity index (χ2v) is 11.6. The van der Waals surface area contributed by atoms with Gasteiger partial charge in [0.2, 0.25) is 11.8 Å². The van der Waals surface area contributed by atoms with E-state index in [0.717, 1.165) is 9.87 Å². The van der Waals surface area contributed by atoms with Gasteiger partial charge < -0.3 is 10.2 Å². The first-order valence-corrected chi connectivity index (χ1v) is 15.0. The molecule has 1 N–H and O–H groups in total. The number of nitrogens with one attached hydrogen (secondary N) is 1. The Labute approximate surface area is 240 Å². The van der Waals surface area contributed by atoms with Crippen molar-refractivity contribution in [3.05, 3.63) is 94.0 Å². The number of para-hydroxylation sites is 1. The van der Waals surface area contributed by atoms with Gasteiger partial charge in [0, 0.05) is 23.1 Å². The fourth-order valence-corrected chi connectivity index (χ4v) is 6.27. The van der Waals surface area contributed by atoms with E-state index in [1.807, 2.05) is 19.1 Å². The van der Waals surface area contributed by atoms with E-state index in [2.05, 4.69) is 5.32 Å². The third kappa shape index (κ3) is 7.32. The molecule has 0 unspecified atom stereocenters. The van der Waals surface area contributed by atoms with Crippen LogP contribution in [-0.2, 0) is 32.6 Å². The van der Waals surface area contributed by atoms with Gasteiger partial charge in [-0.1, -0.05) is 79.5 Å². The maximum absolute atomic E-state index is 14.1. The van der Waals surface area contributed by atoms with Crippen LogP contribution in [-0.4, -0.2) is 44.3 Å². The van der Waals surface area contributed by atoms with Gasteiger partial charge in [0.1, 0.15) is 12.6 Å². The Balaban J connectivity index is 2.11. The van der Waals surface area contributed by atoms with Crippen LogP contribution in [0.5, 0.6) is 0 Å². The summed E-state index contributed by atoms with van der Waals surface area (Å²) in [6, 6.07) is 19.2. The molecule has 1 atom stereocenters. The average molecular weight is 591 g/mol. The largest absolute Gasteiger partial charge is 0.355 e. The summed E-state index contributed by atoms with van der Waals surface area (Å²) in [5.74, 6) is -0.866. The third-order valence-electron chi connectivity index (χ3n) is 6.34. The maximum Gasteiger partial charge on any atom is 0.264 e. The van der Waals surface area contributed by atoms with Crippen LogP contribution in [0.25, 0.3) is 0 Å². The minimum atomic E-state index is -4.12. The summed E-state index contributed by atoms with van der Waals surface area (Å²) >= 11 is 12.5. The number of anilines is 1. The number of hydrogen-bond acceptors (Lipinski definition) is 4. The van der Waals surface area contributed by atoms with Crippen molar-refractivity contribution in [2.45, 2.75) is 51.1 Å². The van der Waals surface area contributed by atoms with Crippen LogP contribution in [0.1, 0.15) is 38.3 Å². The minimum absolute atomic E-state index is 0.000867. The summed E-state index contributed by atoms with van der Waals surface area (Å²) in [5, 5.41) is 3.56. The summed E-state index contributed by atoms with van der Waals surface area (Å²) in [6.45, 7) is 5.40. The van der Waals surface area contributed by atoms with E-state index >= 15 is 0 Å². The molecule has 0 fully saturated rings. The molecule has 0 bridgehead atoms. The molecule has 2 amide bonds. The lowest BCUT2D eigenvalue weighted by atomic mass is 10.1. The number of nitrogens with zero attached hydrogens (tertiary/aromatic N) is 2. The Hall–Kier alpha value is -3.07. The number of aryl methyl sites for hydroxylation is 1. The molecule has 0 radical (unpaired) electrons. The van der Waals surface area contributed by atoms with Gasteiger partial charge in [-0.05, 0) is 61.2 Å². The van der Waals surface area contributed by atoms with Crippen molar-refractivity contribution in [1.29, 1.82) is 0 Å². The number of benzene rings is 3. The Morgan fingerprint density at radius 1 is 0.897 bits per heavy atom. The highest BCUT2D eigenvalue weighted by Gasteiger charge is 2.34. The van der Waals surface area contributed by atoms with Crippen molar-refractivity contribution in [2.75, 3.05) is 17.4 Å². The molecule has 208 valence electrons. The maximum atomic E-state index is 14.1. The van der Waals surface area contributed by atoms with E-state index in [-0.39, 0.29) is 17.3 Å². The van der Waals surface area contributed by atoms with Gasteiger partial charge in [-0.3, -0.25) is 13.9 Å². The van der Waals surface area contributed by atoms with Gasteiger partial charge in [0.25, 0.3) is 10.0 Å². The quantitative estimate of drug-likeness (QED) is 0.294. The third-order valence-corrected chi connectivity index (χ3v) is 8.70. The molecule has 0 aliphatic carbocycles. The Morgan fingerprint density at radius 2 is 1.56 bits per heavy atom. The first kappa shape index (κ1) is 30.5. The van der Waals surface area contributed by atoms with Gasteiger partial charge in [-0.15, -0.1) is 0 Å². The number of sulfonamides is 1. The zero-order valence-corrected chi connectivity index (χ0v) is 24.6. The first-order valence-electron chi connectivity index (χ1n) is 12.8. The van der Waals surface area contributed by atoms with Crippen LogP contribution in [0, 0.1) is 0 Å². The molecule has 3 rings (SSSR count). The first-order chi connectivity index (χ1) is 18.6. The Bertz CT molecular complexity index is 1400. The molecule has 0 heterocycles. The Morgan fingerprint density at radius 3 is 2.18 bits per heavy atom. The molecule has 7 nitrogen and oxygen atoms in total. The second-order valence-electron chi connectivity index (χ2n) is 8.88. The zero-order chi connectivity index (χ0) is 28.6. The van der Waals surface area contributed by atoms with E-state index in [0.29, 0.717) is 40.7 Å². The number of likely N-dealkylation sites (N-methyl/N-ethyl adjacent to an activating group) is 1. The van der Waals surface area contributed by atoms with E-state index in [4.69, 9.17) is 23.2 Å². The summed E-state index contributed by atoms with van der Waals surface area (Å²) < 4.78 is 29.0.